The highest BCUT2D eigenvalue weighted by molar-refractivity contribution is 5.36. The van der Waals surface area contributed by atoms with Gasteiger partial charge < -0.3 is 14.8 Å². The van der Waals surface area contributed by atoms with Gasteiger partial charge in [-0.25, -0.2) is 8.78 Å². The third-order valence-corrected chi connectivity index (χ3v) is 2.43. The summed E-state index contributed by atoms with van der Waals surface area (Å²) in [5.41, 5.74) is 1.86. The molecule has 0 aliphatic carbocycles. The summed E-state index contributed by atoms with van der Waals surface area (Å²) in [5, 5.41) is 3.20. The van der Waals surface area contributed by atoms with Crippen molar-refractivity contribution in [3.63, 3.8) is 0 Å². The Kier molecular flexibility index (Phi) is 6.60. The van der Waals surface area contributed by atoms with Crippen molar-refractivity contribution in [1.82, 2.24) is 5.32 Å². The van der Waals surface area contributed by atoms with Crippen LogP contribution in [0, 0.1) is 0 Å². The van der Waals surface area contributed by atoms with E-state index in [-0.39, 0.29) is 6.61 Å². The molecular weight excluding hydrogens is 240 g/mol. The highest BCUT2D eigenvalue weighted by Gasteiger charge is 2.07. The van der Waals surface area contributed by atoms with Gasteiger partial charge in [-0.3, -0.25) is 0 Å². The summed E-state index contributed by atoms with van der Waals surface area (Å²) in [4.78, 5) is 0. The normalized spacial score (nSPS) is 10.9. The first-order valence-electron chi connectivity index (χ1n) is 5.89. The van der Waals surface area contributed by atoms with E-state index >= 15 is 0 Å². The van der Waals surface area contributed by atoms with E-state index in [9.17, 15) is 8.78 Å². The third kappa shape index (κ3) is 4.98. The van der Waals surface area contributed by atoms with Gasteiger partial charge in [-0.05, 0) is 24.2 Å². The molecule has 0 atom stereocenters. The molecule has 0 bridgehead atoms. The lowest BCUT2D eigenvalue weighted by Gasteiger charge is -2.11. The first-order valence-corrected chi connectivity index (χ1v) is 5.89. The van der Waals surface area contributed by atoms with Gasteiger partial charge in [0.1, 0.15) is 12.4 Å². The summed E-state index contributed by atoms with van der Waals surface area (Å²) in [6.45, 7) is 3.22. The van der Waals surface area contributed by atoms with Crippen LogP contribution < -0.4 is 10.1 Å². The van der Waals surface area contributed by atoms with Crippen LogP contribution in [0.4, 0.5) is 8.78 Å². The fraction of sp³-hybridized carbons (Fsp3) is 0.538. The Hall–Kier alpha value is -1.20. The van der Waals surface area contributed by atoms with Crippen molar-refractivity contribution in [2.75, 3.05) is 20.3 Å². The summed E-state index contributed by atoms with van der Waals surface area (Å²) in [7, 11) is 1.55. The number of hydrogen-bond donors (Lipinski definition) is 1. The zero-order valence-electron chi connectivity index (χ0n) is 10.7. The van der Waals surface area contributed by atoms with Crippen LogP contribution in [0.2, 0.25) is 0 Å². The molecule has 0 saturated heterocycles. The second-order valence-electron chi connectivity index (χ2n) is 3.83. The maximum Gasteiger partial charge on any atom is 0.261 e. The maximum absolute atomic E-state index is 12.0. The molecule has 0 aromatic heterocycles. The van der Waals surface area contributed by atoms with E-state index in [1.54, 1.807) is 7.11 Å². The fourth-order valence-corrected chi connectivity index (χ4v) is 1.58. The molecule has 5 heteroatoms. The van der Waals surface area contributed by atoms with E-state index in [0.717, 1.165) is 24.2 Å². The highest BCUT2D eigenvalue weighted by atomic mass is 19.3. The molecule has 0 radical (unpaired) electrons. The molecule has 1 rings (SSSR count). The zero-order chi connectivity index (χ0) is 13.4. The molecule has 0 spiro atoms. The van der Waals surface area contributed by atoms with Crippen LogP contribution in [0.1, 0.15) is 18.1 Å². The Balaban J connectivity index is 2.66. The first-order chi connectivity index (χ1) is 8.67. The van der Waals surface area contributed by atoms with Gasteiger partial charge in [-0.15, -0.1) is 0 Å². The van der Waals surface area contributed by atoms with Gasteiger partial charge in [0, 0.05) is 12.1 Å². The van der Waals surface area contributed by atoms with Crippen LogP contribution in [0.25, 0.3) is 0 Å². The third-order valence-electron chi connectivity index (χ3n) is 2.43. The standard InChI is InChI=1S/C13H19F2NO2/c1-3-16-7-10-4-5-12(17-2)11(6-10)8-18-9-13(14)15/h4-6,13,16H,3,7-9H2,1-2H3. The molecule has 18 heavy (non-hydrogen) atoms. The minimum atomic E-state index is -2.44. The first kappa shape index (κ1) is 14.9. The quantitative estimate of drug-likeness (QED) is 0.778. The largest absolute Gasteiger partial charge is 0.496 e. The fourth-order valence-electron chi connectivity index (χ4n) is 1.58. The zero-order valence-corrected chi connectivity index (χ0v) is 10.7. The van der Waals surface area contributed by atoms with Gasteiger partial charge in [0.05, 0.1) is 13.7 Å². The molecule has 0 fully saturated rings. The Bertz CT molecular complexity index is 359. The summed E-state index contributed by atoms with van der Waals surface area (Å²) in [6, 6.07) is 5.68. The van der Waals surface area contributed by atoms with Crippen LogP contribution in [0.15, 0.2) is 18.2 Å². The van der Waals surface area contributed by atoms with Crippen LogP contribution in [-0.2, 0) is 17.9 Å². The van der Waals surface area contributed by atoms with E-state index in [1.165, 1.54) is 0 Å². The molecule has 1 N–H and O–H groups in total. The molecule has 0 saturated carbocycles. The van der Waals surface area contributed by atoms with E-state index in [1.807, 2.05) is 25.1 Å². The average molecular weight is 259 g/mol. The number of hydrogen-bond acceptors (Lipinski definition) is 3. The molecule has 0 aliphatic rings. The lowest BCUT2D eigenvalue weighted by Crippen LogP contribution is -2.12. The van der Waals surface area contributed by atoms with Crippen LogP contribution in [0.5, 0.6) is 5.75 Å². The average Bonchev–Trinajstić information content (AvgIpc) is 2.36. The molecule has 0 amide bonds. The van der Waals surface area contributed by atoms with Crippen molar-refractivity contribution in [2.45, 2.75) is 26.5 Å². The van der Waals surface area contributed by atoms with Crippen molar-refractivity contribution in [3.8, 4) is 5.75 Å². The molecule has 0 heterocycles. The predicted octanol–water partition coefficient (Wildman–Crippen LogP) is 2.59. The summed E-state index contributed by atoms with van der Waals surface area (Å²) >= 11 is 0. The van der Waals surface area contributed by atoms with Gasteiger partial charge in [0.25, 0.3) is 6.43 Å². The number of benzene rings is 1. The molecular formula is C13H19F2NO2. The van der Waals surface area contributed by atoms with E-state index in [0.29, 0.717) is 5.75 Å². The minimum absolute atomic E-state index is 0.132. The molecule has 102 valence electrons. The molecule has 1 aromatic rings. The Morgan fingerprint density at radius 2 is 2.11 bits per heavy atom. The number of nitrogens with one attached hydrogen (secondary N) is 1. The van der Waals surface area contributed by atoms with Gasteiger partial charge in [-0.2, -0.15) is 0 Å². The number of ether oxygens (including phenoxy) is 2. The maximum atomic E-state index is 12.0. The summed E-state index contributed by atoms with van der Waals surface area (Å²) < 4.78 is 34.1. The van der Waals surface area contributed by atoms with Crippen LogP contribution in [0.3, 0.4) is 0 Å². The lowest BCUT2D eigenvalue weighted by molar-refractivity contribution is 0.00931. The van der Waals surface area contributed by atoms with Crippen molar-refractivity contribution >= 4 is 0 Å². The topological polar surface area (TPSA) is 30.5 Å². The number of alkyl halides is 2. The van der Waals surface area contributed by atoms with E-state index in [2.05, 4.69) is 5.32 Å². The number of methoxy groups -OCH3 is 1. The van der Waals surface area contributed by atoms with Gasteiger partial charge in [-0.1, -0.05) is 13.0 Å². The van der Waals surface area contributed by atoms with Gasteiger partial charge in [0.15, 0.2) is 0 Å². The predicted molar refractivity (Wildman–Crippen MR) is 66.0 cm³/mol. The van der Waals surface area contributed by atoms with Gasteiger partial charge in [0.2, 0.25) is 0 Å². The number of halogens is 2. The Morgan fingerprint density at radius 1 is 1.33 bits per heavy atom. The summed E-state index contributed by atoms with van der Waals surface area (Å²) in [6.07, 6.45) is -2.44. The van der Waals surface area contributed by atoms with Crippen LogP contribution in [-0.4, -0.2) is 26.7 Å². The second-order valence-corrected chi connectivity index (χ2v) is 3.83. The SMILES string of the molecule is CCNCc1ccc(OC)c(COCC(F)F)c1. The number of rotatable bonds is 8. The van der Waals surface area contributed by atoms with E-state index in [4.69, 9.17) is 9.47 Å². The van der Waals surface area contributed by atoms with Crippen molar-refractivity contribution in [3.05, 3.63) is 29.3 Å². The van der Waals surface area contributed by atoms with Gasteiger partial charge >= 0.3 is 0 Å². The van der Waals surface area contributed by atoms with E-state index < -0.39 is 13.0 Å². The second kappa shape index (κ2) is 8.00. The minimum Gasteiger partial charge on any atom is -0.496 e. The lowest BCUT2D eigenvalue weighted by atomic mass is 10.1. The molecule has 3 nitrogen and oxygen atoms in total. The monoisotopic (exact) mass is 259 g/mol. The van der Waals surface area contributed by atoms with Crippen molar-refractivity contribution < 1.29 is 18.3 Å². The van der Waals surface area contributed by atoms with Crippen molar-refractivity contribution in [1.29, 1.82) is 0 Å². The smallest absolute Gasteiger partial charge is 0.261 e. The Labute approximate surface area is 106 Å². The molecule has 1 aromatic carbocycles. The summed E-state index contributed by atoms with van der Waals surface area (Å²) in [5.74, 6) is 0.657. The molecule has 0 aliphatic heterocycles. The van der Waals surface area contributed by atoms with Crippen LogP contribution >= 0.6 is 0 Å². The molecule has 0 unspecified atom stereocenters. The van der Waals surface area contributed by atoms with Crippen molar-refractivity contribution in [2.24, 2.45) is 0 Å². The Morgan fingerprint density at radius 3 is 2.72 bits per heavy atom. The highest BCUT2D eigenvalue weighted by Crippen LogP contribution is 2.21.